The van der Waals surface area contributed by atoms with Gasteiger partial charge in [0, 0.05) is 18.7 Å². The van der Waals surface area contributed by atoms with Gasteiger partial charge in [-0.15, -0.1) is 0 Å². The summed E-state index contributed by atoms with van der Waals surface area (Å²) in [6, 6.07) is 11.9. The first-order valence-corrected chi connectivity index (χ1v) is 11.2. The van der Waals surface area contributed by atoms with Crippen LogP contribution in [0.15, 0.2) is 54.9 Å². The van der Waals surface area contributed by atoms with Crippen molar-refractivity contribution in [2.24, 2.45) is 5.41 Å². The highest BCUT2D eigenvalue weighted by Gasteiger charge is 2.40. The molecule has 162 valence electrons. The van der Waals surface area contributed by atoms with Gasteiger partial charge in [0.05, 0.1) is 23.1 Å². The van der Waals surface area contributed by atoms with Gasteiger partial charge in [-0.3, -0.25) is 0 Å². The Bertz CT molecular complexity index is 1340. The number of aromatic nitrogens is 3. The van der Waals surface area contributed by atoms with Gasteiger partial charge in [0.2, 0.25) is 0 Å². The lowest BCUT2D eigenvalue weighted by Gasteiger charge is -2.40. The Morgan fingerprint density at radius 3 is 2.62 bits per heavy atom. The molecular weight excluding hydrogens is 430 g/mol. The van der Waals surface area contributed by atoms with Crippen molar-refractivity contribution >= 4 is 22.9 Å². The van der Waals surface area contributed by atoms with Crippen LogP contribution in [0.4, 0.5) is 14.6 Å². The van der Waals surface area contributed by atoms with Gasteiger partial charge in [-0.05, 0) is 66.5 Å². The second-order valence-corrected chi connectivity index (χ2v) is 9.33. The topological polar surface area (TPSA) is 33.4 Å². The van der Waals surface area contributed by atoms with Crippen LogP contribution in [0, 0.1) is 17.0 Å². The highest BCUT2D eigenvalue weighted by molar-refractivity contribution is 6.33. The van der Waals surface area contributed by atoms with E-state index < -0.39 is 5.82 Å². The number of anilines is 1. The minimum Gasteiger partial charge on any atom is -0.355 e. The van der Waals surface area contributed by atoms with Crippen molar-refractivity contribution in [3.8, 4) is 11.3 Å². The molecule has 2 aromatic carbocycles. The molecule has 1 aliphatic carbocycles. The highest BCUT2D eigenvalue weighted by Crippen LogP contribution is 2.45. The van der Waals surface area contributed by atoms with Crippen molar-refractivity contribution in [2.45, 2.75) is 25.7 Å². The molecule has 1 spiro atoms. The molecule has 0 unspecified atom stereocenters. The summed E-state index contributed by atoms with van der Waals surface area (Å²) in [4.78, 5) is 7.04. The van der Waals surface area contributed by atoms with Crippen LogP contribution < -0.4 is 4.90 Å². The van der Waals surface area contributed by atoms with Crippen molar-refractivity contribution in [2.75, 3.05) is 18.0 Å². The summed E-state index contributed by atoms with van der Waals surface area (Å²) in [5.41, 5.74) is 4.74. The lowest BCUT2D eigenvalue weighted by molar-refractivity contribution is 0.232. The van der Waals surface area contributed by atoms with Gasteiger partial charge in [-0.2, -0.15) is 5.10 Å². The lowest BCUT2D eigenvalue weighted by Crippen LogP contribution is -2.41. The molecule has 7 heteroatoms. The summed E-state index contributed by atoms with van der Waals surface area (Å²) in [6.07, 6.45) is 7.47. The number of benzene rings is 2. The molecule has 4 aromatic rings. The second-order valence-electron chi connectivity index (χ2n) is 8.95. The molecule has 3 heterocycles. The fourth-order valence-corrected chi connectivity index (χ4v) is 5.61. The van der Waals surface area contributed by atoms with Crippen molar-refractivity contribution in [3.05, 3.63) is 82.6 Å². The van der Waals surface area contributed by atoms with E-state index in [1.54, 1.807) is 41.2 Å². The average molecular weight is 451 g/mol. The fraction of sp³-hybridized carbons (Fsp3) is 0.280. The molecule has 0 saturated carbocycles. The number of fused-ring (bicyclic) bond motifs is 2. The van der Waals surface area contributed by atoms with Crippen LogP contribution >= 0.6 is 11.6 Å². The molecule has 1 fully saturated rings. The van der Waals surface area contributed by atoms with Gasteiger partial charge in [-0.1, -0.05) is 29.8 Å². The van der Waals surface area contributed by atoms with Gasteiger partial charge < -0.3 is 4.90 Å². The quantitative estimate of drug-likeness (QED) is 0.392. The number of hydrogen-bond donors (Lipinski definition) is 0. The van der Waals surface area contributed by atoms with Gasteiger partial charge in [-0.25, -0.2) is 18.3 Å². The van der Waals surface area contributed by atoms with Crippen LogP contribution in [0.5, 0.6) is 0 Å². The summed E-state index contributed by atoms with van der Waals surface area (Å²) in [5, 5.41) is 4.53. The third kappa shape index (κ3) is 3.08. The van der Waals surface area contributed by atoms with E-state index in [0.29, 0.717) is 11.3 Å². The van der Waals surface area contributed by atoms with E-state index in [1.807, 2.05) is 12.1 Å². The molecule has 4 nitrogen and oxygen atoms in total. The SMILES string of the molecule is Fc1ccc2c(c1)CC1(CCN(c3ncc(-c4cccc(F)c4Cl)n4nccc34)CC1)C2. The van der Waals surface area contributed by atoms with E-state index in [2.05, 4.69) is 10.00 Å². The predicted molar refractivity (Wildman–Crippen MR) is 121 cm³/mol. The highest BCUT2D eigenvalue weighted by atomic mass is 35.5. The summed E-state index contributed by atoms with van der Waals surface area (Å²) in [5.74, 6) is 0.256. The van der Waals surface area contributed by atoms with Crippen LogP contribution in [-0.4, -0.2) is 27.7 Å². The number of hydrogen-bond acceptors (Lipinski definition) is 3. The largest absolute Gasteiger partial charge is 0.355 e. The van der Waals surface area contributed by atoms with Crippen LogP contribution in [0.1, 0.15) is 24.0 Å². The maximum Gasteiger partial charge on any atom is 0.154 e. The Labute approximate surface area is 189 Å². The summed E-state index contributed by atoms with van der Waals surface area (Å²) in [6.45, 7) is 1.76. The van der Waals surface area contributed by atoms with Crippen molar-refractivity contribution in [1.82, 2.24) is 14.6 Å². The molecule has 1 saturated heterocycles. The molecule has 32 heavy (non-hydrogen) atoms. The van der Waals surface area contributed by atoms with Crippen molar-refractivity contribution < 1.29 is 8.78 Å². The molecule has 0 amide bonds. The summed E-state index contributed by atoms with van der Waals surface area (Å²) in [7, 11) is 0. The standard InChI is InChI=1S/C25H21ClF2N4/c26-23-19(2-1-3-20(23)28)22-15-29-24(21-6-9-30-32(21)22)31-10-7-25(8-11-31)13-16-4-5-18(27)12-17(16)14-25/h1-6,9,12,15H,7-8,10-11,13-14H2. The fourth-order valence-electron chi connectivity index (χ4n) is 5.39. The van der Waals surface area contributed by atoms with Crippen LogP contribution in [-0.2, 0) is 12.8 Å². The van der Waals surface area contributed by atoms with Gasteiger partial charge in [0.1, 0.15) is 17.2 Å². The van der Waals surface area contributed by atoms with E-state index in [9.17, 15) is 8.78 Å². The number of halogens is 3. The molecule has 2 aromatic heterocycles. The number of rotatable bonds is 2. The zero-order valence-electron chi connectivity index (χ0n) is 17.4. The minimum atomic E-state index is -0.465. The van der Waals surface area contributed by atoms with Gasteiger partial charge in [0.25, 0.3) is 0 Å². The number of piperidine rings is 1. The molecule has 2 aliphatic rings. The molecule has 1 aliphatic heterocycles. The predicted octanol–water partition coefficient (Wildman–Crippen LogP) is 5.71. The van der Waals surface area contributed by atoms with Crippen LogP contribution in [0.25, 0.3) is 16.8 Å². The maximum atomic E-state index is 14.0. The summed E-state index contributed by atoms with van der Waals surface area (Å²) < 4.78 is 29.5. The lowest BCUT2D eigenvalue weighted by atomic mass is 9.76. The minimum absolute atomic E-state index is 0.0657. The third-order valence-corrected chi connectivity index (χ3v) is 7.44. The Balaban J connectivity index is 1.29. The molecule has 0 N–H and O–H groups in total. The zero-order chi connectivity index (χ0) is 21.9. The molecule has 0 bridgehead atoms. The van der Waals surface area contributed by atoms with Crippen LogP contribution in [0.3, 0.4) is 0 Å². The first-order chi connectivity index (χ1) is 15.5. The number of nitrogens with zero attached hydrogens (tertiary/aromatic N) is 4. The first kappa shape index (κ1) is 19.7. The van der Waals surface area contributed by atoms with E-state index in [-0.39, 0.29) is 16.3 Å². The monoisotopic (exact) mass is 450 g/mol. The smallest absolute Gasteiger partial charge is 0.154 e. The van der Waals surface area contributed by atoms with Crippen LogP contribution in [0.2, 0.25) is 5.02 Å². The average Bonchev–Trinajstić information content (AvgIpc) is 3.41. The molecule has 0 atom stereocenters. The van der Waals surface area contributed by atoms with Gasteiger partial charge in [0.15, 0.2) is 5.82 Å². The van der Waals surface area contributed by atoms with E-state index in [4.69, 9.17) is 16.6 Å². The summed E-state index contributed by atoms with van der Waals surface area (Å²) >= 11 is 6.22. The normalized spacial score (nSPS) is 17.3. The molecular formula is C25H21ClF2N4. The van der Waals surface area contributed by atoms with E-state index in [1.165, 1.54) is 11.6 Å². The second kappa shape index (κ2) is 7.27. The Morgan fingerprint density at radius 2 is 1.78 bits per heavy atom. The van der Waals surface area contributed by atoms with Crippen molar-refractivity contribution in [1.29, 1.82) is 0 Å². The molecule has 0 radical (unpaired) electrons. The Kier molecular flexibility index (Phi) is 4.47. The third-order valence-electron chi connectivity index (χ3n) is 7.06. The van der Waals surface area contributed by atoms with E-state index in [0.717, 1.165) is 55.7 Å². The maximum absolute atomic E-state index is 14.0. The first-order valence-electron chi connectivity index (χ1n) is 10.8. The Hall–Kier alpha value is -2.99. The van der Waals surface area contributed by atoms with E-state index >= 15 is 0 Å². The van der Waals surface area contributed by atoms with Gasteiger partial charge >= 0.3 is 0 Å². The molecule has 6 rings (SSSR count). The van der Waals surface area contributed by atoms with Crippen molar-refractivity contribution in [3.63, 3.8) is 0 Å². The zero-order valence-corrected chi connectivity index (χ0v) is 18.1. The Morgan fingerprint density at radius 1 is 0.969 bits per heavy atom.